The quantitative estimate of drug-likeness (QED) is 0.722. The van der Waals surface area contributed by atoms with Crippen LogP contribution in [-0.2, 0) is 0 Å². The van der Waals surface area contributed by atoms with Gasteiger partial charge in [-0.05, 0) is 60.9 Å². The minimum atomic E-state index is 0.262. The van der Waals surface area contributed by atoms with E-state index in [9.17, 15) is 0 Å². The van der Waals surface area contributed by atoms with Crippen LogP contribution in [0.1, 0.15) is 49.1 Å². The van der Waals surface area contributed by atoms with E-state index >= 15 is 0 Å². The zero-order valence-electron chi connectivity index (χ0n) is 13.7. The Morgan fingerprint density at radius 1 is 1.35 bits per heavy atom. The van der Waals surface area contributed by atoms with Crippen molar-refractivity contribution in [3.8, 4) is 5.75 Å². The van der Waals surface area contributed by atoms with Crippen molar-refractivity contribution in [2.75, 3.05) is 5.32 Å². The van der Waals surface area contributed by atoms with Gasteiger partial charge in [0.05, 0.1) is 12.1 Å². The van der Waals surface area contributed by atoms with Crippen LogP contribution in [0.15, 0.2) is 47.9 Å². The Bertz CT molecular complexity index is 706. The van der Waals surface area contributed by atoms with E-state index in [0.29, 0.717) is 17.9 Å². The number of nitrogens with one attached hydrogen (secondary N) is 1. The van der Waals surface area contributed by atoms with Crippen LogP contribution >= 0.6 is 11.3 Å². The first-order chi connectivity index (χ1) is 11.3. The van der Waals surface area contributed by atoms with Crippen LogP contribution < -0.4 is 10.1 Å². The number of ether oxygens (including phenoxy) is 1. The third kappa shape index (κ3) is 2.67. The van der Waals surface area contributed by atoms with E-state index in [2.05, 4.69) is 67.0 Å². The van der Waals surface area contributed by atoms with Gasteiger partial charge in [0.15, 0.2) is 0 Å². The van der Waals surface area contributed by atoms with Crippen molar-refractivity contribution < 1.29 is 4.74 Å². The van der Waals surface area contributed by atoms with E-state index in [1.807, 2.05) is 11.3 Å². The van der Waals surface area contributed by atoms with Gasteiger partial charge in [0.1, 0.15) is 5.75 Å². The Hall–Kier alpha value is -1.74. The Morgan fingerprint density at radius 2 is 2.26 bits per heavy atom. The second-order valence-electron chi connectivity index (χ2n) is 6.58. The van der Waals surface area contributed by atoms with E-state index in [0.717, 1.165) is 18.6 Å². The molecule has 2 heterocycles. The minimum Gasteiger partial charge on any atom is -0.491 e. The fourth-order valence-electron chi connectivity index (χ4n) is 3.71. The fraction of sp³-hybridized carbons (Fsp3) is 0.400. The van der Waals surface area contributed by atoms with Crippen molar-refractivity contribution in [3.05, 3.63) is 58.3 Å². The van der Waals surface area contributed by atoms with Crippen LogP contribution in [0.4, 0.5) is 5.69 Å². The second-order valence-corrected chi connectivity index (χ2v) is 7.56. The molecule has 4 unspecified atom stereocenters. The predicted molar refractivity (Wildman–Crippen MR) is 97.5 cm³/mol. The van der Waals surface area contributed by atoms with Gasteiger partial charge in [0.25, 0.3) is 0 Å². The van der Waals surface area contributed by atoms with Crippen LogP contribution in [-0.4, -0.2) is 6.10 Å². The first-order valence-corrected chi connectivity index (χ1v) is 9.41. The lowest BCUT2D eigenvalue weighted by Crippen LogP contribution is -2.28. The molecular weight excluding hydrogens is 302 g/mol. The summed E-state index contributed by atoms with van der Waals surface area (Å²) in [6, 6.07) is 11.4. The number of benzene rings is 1. The van der Waals surface area contributed by atoms with Gasteiger partial charge in [-0.2, -0.15) is 0 Å². The lowest BCUT2D eigenvalue weighted by molar-refractivity contribution is 0.217. The van der Waals surface area contributed by atoms with E-state index in [1.165, 1.54) is 16.1 Å². The Kier molecular flexibility index (Phi) is 3.90. The molecule has 2 aromatic rings. The first-order valence-electron chi connectivity index (χ1n) is 8.53. The van der Waals surface area contributed by atoms with E-state index in [1.54, 1.807) is 0 Å². The third-order valence-corrected chi connectivity index (χ3v) is 6.05. The molecule has 0 amide bonds. The van der Waals surface area contributed by atoms with Crippen LogP contribution in [0.2, 0.25) is 0 Å². The molecule has 2 aliphatic rings. The summed E-state index contributed by atoms with van der Waals surface area (Å²) in [5, 5.41) is 5.95. The molecule has 1 aromatic carbocycles. The maximum atomic E-state index is 6.03. The normalized spacial score (nSPS) is 26.3. The molecule has 1 aromatic heterocycles. The molecule has 4 atom stereocenters. The number of hydrogen-bond donors (Lipinski definition) is 1. The molecular formula is C20H23NOS. The van der Waals surface area contributed by atoms with Crippen molar-refractivity contribution in [3.63, 3.8) is 0 Å². The molecule has 0 fully saturated rings. The van der Waals surface area contributed by atoms with Gasteiger partial charge in [-0.1, -0.05) is 25.1 Å². The number of thiophene rings is 1. The highest BCUT2D eigenvalue weighted by Crippen LogP contribution is 2.51. The number of allylic oxidation sites excluding steroid dienone is 2. The molecule has 1 N–H and O–H groups in total. The summed E-state index contributed by atoms with van der Waals surface area (Å²) >= 11 is 1.85. The summed E-state index contributed by atoms with van der Waals surface area (Å²) in [7, 11) is 0. The lowest BCUT2D eigenvalue weighted by Gasteiger charge is -2.37. The molecule has 120 valence electrons. The maximum Gasteiger partial charge on any atom is 0.120 e. The molecule has 1 aliphatic heterocycles. The largest absolute Gasteiger partial charge is 0.491 e. The Morgan fingerprint density at radius 3 is 3.04 bits per heavy atom. The van der Waals surface area contributed by atoms with Crippen molar-refractivity contribution in [2.45, 2.75) is 44.8 Å². The minimum absolute atomic E-state index is 0.262. The average Bonchev–Trinajstić information content (AvgIpc) is 3.25. The van der Waals surface area contributed by atoms with Gasteiger partial charge < -0.3 is 10.1 Å². The highest BCUT2D eigenvalue weighted by molar-refractivity contribution is 7.10. The predicted octanol–water partition coefficient (Wildman–Crippen LogP) is 5.75. The molecule has 0 saturated heterocycles. The molecule has 4 rings (SSSR count). The van der Waals surface area contributed by atoms with Crippen molar-refractivity contribution in [1.82, 2.24) is 0 Å². The topological polar surface area (TPSA) is 21.3 Å². The summed E-state index contributed by atoms with van der Waals surface area (Å²) in [5.41, 5.74) is 2.64. The maximum absolute atomic E-state index is 6.03. The summed E-state index contributed by atoms with van der Waals surface area (Å²) in [6.07, 6.45) is 7.17. The molecule has 0 bridgehead atoms. The SMILES string of the molecule is CCC(C)Oc1ccc2c(c1)C1C=CCC1C(c1cccs1)N2. The molecule has 0 spiro atoms. The third-order valence-electron chi connectivity index (χ3n) is 5.10. The number of anilines is 1. The smallest absolute Gasteiger partial charge is 0.120 e. The van der Waals surface area contributed by atoms with Gasteiger partial charge >= 0.3 is 0 Å². The summed E-state index contributed by atoms with van der Waals surface area (Å²) in [6.45, 7) is 4.29. The van der Waals surface area contributed by atoms with Gasteiger partial charge in [-0.15, -0.1) is 11.3 Å². The van der Waals surface area contributed by atoms with Crippen LogP contribution in [0.3, 0.4) is 0 Å². The summed E-state index contributed by atoms with van der Waals surface area (Å²) in [4.78, 5) is 1.44. The average molecular weight is 325 g/mol. The standard InChI is InChI=1S/C20H23NOS/c1-3-13(2)22-14-9-10-18-17(12-14)15-6-4-7-16(15)20(21-18)19-8-5-11-23-19/h4-6,8-13,15-16,20-21H,3,7H2,1-2H3. The van der Waals surface area contributed by atoms with Gasteiger partial charge in [0.2, 0.25) is 0 Å². The Labute approximate surface area is 142 Å². The number of fused-ring (bicyclic) bond motifs is 3. The van der Waals surface area contributed by atoms with Gasteiger partial charge in [-0.25, -0.2) is 0 Å². The van der Waals surface area contributed by atoms with Crippen LogP contribution in [0.25, 0.3) is 0 Å². The monoisotopic (exact) mass is 325 g/mol. The van der Waals surface area contributed by atoms with Crippen molar-refractivity contribution in [1.29, 1.82) is 0 Å². The highest BCUT2D eigenvalue weighted by atomic mass is 32.1. The zero-order valence-corrected chi connectivity index (χ0v) is 14.5. The summed E-state index contributed by atoms with van der Waals surface area (Å²) in [5.74, 6) is 2.10. The molecule has 1 aliphatic carbocycles. The fourth-order valence-corrected chi connectivity index (χ4v) is 4.56. The molecule has 0 saturated carbocycles. The van der Waals surface area contributed by atoms with Gasteiger partial charge in [0, 0.05) is 16.5 Å². The zero-order chi connectivity index (χ0) is 15.8. The summed E-state index contributed by atoms with van der Waals surface area (Å²) < 4.78 is 6.03. The van der Waals surface area contributed by atoms with Crippen molar-refractivity contribution in [2.24, 2.45) is 5.92 Å². The second kappa shape index (κ2) is 6.04. The first kappa shape index (κ1) is 14.8. The lowest BCUT2D eigenvalue weighted by atomic mass is 9.79. The van der Waals surface area contributed by atoms with E-state index < -0.39 is 0 Å². The van der Waals surface area contributed by atoms with Crippen LogP contribution in [0, 0.1) is 5.92 Å². The van der Waals surface area contributed by atoms with Crippen molar-refractivity contribution >= 4 is 17.0 Å². The molecule has 3 heteroatoms. The van der Waals surface area contributed by atoms with E-state index in [4.69, 9.17) is 4.74 Å². The van der Waals surface area contributed by atoms with Crippen LogP contribution in [0.5, 0.6) is 5.75 Å². The van der Waals surface area contributed by atoms with Gasteiger partial charge in [-0.3, -0.25) is 0 Å². The molecule has 2 nitrogen and oxygen atoms in total. The molecule has 23 heavy (non-hydrogen) atoms. The molecule has 0 radical (unpaired) electrons. The highest BCUT2D eigenvalue weighted by Gasteiger charge is 2.38. The Balaban J connectivity index is 1.68. The van der Waals surface area contributed by atoms with E-state index in [-0.39, 0.29) is 6.10 Å². The number of rotatable bonds is 4. The number of hydrogen-bond acceptors (Lipinski definition) is 3.